The zero-order valence-corrected chi connectivity index (χ0v) is 28.6. The highest BCUT2D eigenvalue weighted by Gasteiger charge is 2.33. The molecule has 2 atom stereocenters. The summed E-state index contributed by atoms with van der Waals surface area (Å²) in [7, 11) is -2.22. The van der Waals surface area contributed by atoms with Crippen LogP contribution in [0.15, 0.2) is 65.7 Å². The lowest BCUT2D eigenvalue weighted by molar-refractivity contribution is -0.117. The Labute approximate surface area is 287 Å². The number of H-pyrrole nitrogens is 1. The summed E-state index contributed by atoms with van der Waals surface area (Å²) in [6.45, 7) is 4.04. The largest absolute Gasteiger partial charge is 0.453 e. The molecule has 1 aliphatic heterocycles. The minimum Gasteiger partial charge on any atom is -0.453 e. The third-order valence-corrected chi connectivity index (χ3v) is 10.6. The number of aromatic nitrogens is 6. The van der Waals surface area contributed by atoms with Gasteiger partial charge in [0.1, 0.15) is 6.33 Å². The number of piperidine rings is 1. The third kappa shape index (κ3) is 8.76. The average molecular weight is 710 g/mol. The maximum atomic E-state index is 13.5. The molecule has 0 radical (unpaired) electrons. The van der Waals surface area contributed by atoms with Crippen molar-refractivity contribution in [2.45, 2.75) is 44.4 Å². The lowest BCUT2D eigenvalue weighted by atomic mass is 9.90. The molecule has 2 aromatic heterocycles. The van der Waals surface area contributed by atoms with Crippen molar-refractivity contribution in [3.8, 4) is 16.8 Å². The second-order valence-corrected chi connectivity index (χ2v) is 14.7. The van der Waals surface area contributed by atoms with E-state index in [1.54, 1.807) is 68.5 Å². The second kappa shape index (κ2) is 15.5. The molecule has 4 aromatic rings. The van der Waals surface area contributed by atoms with Crippen LogP contribution in [-0.2, 0) is 19.6 Å². The van der Waals surface area contributed by atoms with Crippen LogP contribution < -0.4 is 16.2 Å². The number of methoxy groups -OCH3 is 1. The predicted octanol–water partition coefficient (Wildman–Crippen LogP) is 3.96. The van der Waals surface area contributed by atoms with Gasteiger partial charge in [0, 0.05) is 35.4 Å². The number of aromatic amines is 1. The second-order valence-electron chi connectivity index (χ2n) is 11.8. The number of nitrogens with zero attached hydrogens (tertiary/aromatic N) is 6. The number of carbonyl (C=O) groups is 2. The number of hydrogen-bond acceptors (Lipinski definition) is 10. The highest BCUT2D eigenvalue weighted by molar-refractivity contribution is 7.89. The maximum absolute atomic E-state index is 13.5. The SMILES string of the molecule is COC(=O)Nc1ccc(-c2cc(C(CC3CCCN(S(=O)(=O)C(C)C)C3)NC(=O)C=Cc3cc(Cl)ccc3-n3cnnn3)n[nH]c2=O)cc1. The number of nitrogens with one attached hydrogen (secondary N) is 3. The molecule has 0 spiro atoms. The fraction of sp³-hybridized carbons (Fsp3) is 0.344. The van der Waals surface area contributed by atoms with Gasteiger partial charge < -0.3 is 10.1 Å². The first-order chi connectivity index (χ1) is 23.4. The van der Waals surface area contributed by atoms with Crippen LogP contribution in [0, 0.1) is 5.92 Å². The molecule has 0 aliphatic carbocycles. The highest BCUT2D eigenvalue weighted by Crippen LogP contribution is 2.30. The monoisotopic (exact) mass is 709 g/mol. The number of halogens is 1. The molecule has 1 aliphatic rings. The molecule has 2 aromatic carbocycles. The fourth-order valence-electron chi connectivity index (χ4n) is 5.58. The van der Waals surface area contributed by atoms with Gasteiger partial charge in [-0.1, -0.05) is 23.7 Å². The lowest BCUT2D eigenvalue weighted by Gasteiger charge is -2.34. The Morgan fingerprint density at radius 1 is 1.16 bits per heavy atom. The van der Waals surface area contributed by atoms with E-state index in [0.29, 0.717) is 64.7 Å². The van der Waals surface area contributed by atoms with Crippen LogP contribution in [0.3, 0.4) is 0 Å². The molecule has 3 heterocycles. The third-order valence-electron chi connectivity index (χ3n) is 8.13. The first kappa shape index (κ1) is 35.4. The van der Waals surface area contributed by atoms with E-state index >= 15 is 0 Å². The Morgan fingerprint density at radius 2 is 1.94 bits per heavy atom. The first-order valence-electron chi connectivity index (χ1n) is 15.5. The van der Waals surface area contributed by atoms with E-state index in [1.165, 1.54) is 28.5 Å². The molecular weight excluding hydrogens is 674 g/mol. The van der Waals surface area contributed by atoms with E-state index in [9.17, 15) is 22.8 Å². The van der Waals surface area contributed by atoms with E-state index in [2.05, 4.69) is 41.1 Å². The van der Waals surface area contributed by atoms with Gasteiger partial charge in [-0.25, -0.2) is 22.6 Å². The minimum atomic E-state index is -3.47. The van der Waals surface area contributed by atoms with E-state index in [-0.39, 0.29) is 5.92 Å². The van der Waals surface area contributed by atoms with Crippen molar-refractivity contribution in [2.24, 2.45) is 5.92 Å². The molecule has 258 valence electrons. The van der Waals surface area contributed by atoms with Crippen LogP contribution in [0.5, 0.6) is 0 Å². The van der Waals surface area contributed by atoms with Gasteiger partial charge in [-0.3, -0.25) is 14.9 Å². The molecule has 1 saturated heterocycles. The van der Waals surface area contributed by atoms with E-state index < -0.39 is 38.9 Å². The number of sulfonamides is 1. The standard InChI is InChI=1S/C32H36ClN9O6S/c1-20(2)49(46,47)41-14-4-5-21(18-41)15-27(36-30(43)13-8-23-16-24(33)9-12-29(23)42-19-34-39-40-42)28-17-26(31(44)38-37-28)22-6-10-25(11-7-22)35-32(45)48-3/h6-13,16-17,19-21,27H,4-5,14-15,18H2,1-3H3,(H,35,45)(H,36,43)(H,38,44). The predicted molar refractivity (Wildman–Crippen MR) is 183 cm³/mol. The number of amides is 2. The summed E-state index contributed by atoms with van der Waals surface area (Å²) in [6, 6.07) is 12.6. The minimum absolute atomic E-state index is 0.100. The summed E-state index contributed by atoms with van der Waals surface area (Å²) in [5, 5.41) is 23.6. The molecule has 0 bridgehead atoms. The van der Waals surface area contributed by atoms with Crippen molar-refractivity contribution in [3.05, 3.63) is 87.6 Å². The van der Waals surface area contributed by atoms with Crippen molar-refractivity contribution < 1.29 is 22.7 Å². The summed E-state index contributed by atoms with van der Waals surface area (Å²) >= 11 is 6.24. The highest BCUT2D eigenvalue weighted by atomic mass is 35.5. The van der Waals surface area contributed by atoms with Crippen LogP contribution in [-0.4, -0.2) is 80.6 Å². The number of hydrogen-bond donors (Lipinski definition) is 3. The number of benzene rings is 2. The van der Waals surface area contributed by atoms with Gasteiger partial charge in [-0.15, -0.1) is 5.10 Å². The Bertz CT molecular complexity index is 1980. The van der Waals surface area contributed by atoms with E-state index in [1.807, 2.05) is 0 Å². The normalized spacial score (nSPS) is 16.1. The Kier molecular flexibility index (Phi) is 11.2. The van der Waals surface area contributed by atoms with Gasteiger partial charge in [0.05, 0.1) is 35.3 Å². The summed E-state index contributed by atoms with van der Waals surface area (Å²) in [4.78, 5) is 38.0. The van der Waals surface area contributed by atoms with Crippen LogP contribution in [0.25, 0.3) is 22.9 Å². The lowest BCUT2D eigenvalue weighted by Crippen LogP contribution is -2.44. The Balaban J connectivity index is 1.44. The Morgan fingerprint density at radius 3 is 2.63 bits per heavy atom. The Hall–Kier alpha value is -4.93. The summed E-state index contributed by atoms with van der Waals surface area (Å²) in [5.74, 6) is -0.556. The molecular formula is C32H36ClN9O6S. The van der Waals surface area contributed by atoms with Crippen LogP contribution in [0.1, 0.15) is 50.4 Å². The fourth-order valence-corrected chi connectivity index (χ4v) is 7.16. The van der Waals surface area contributed by atoms with E-state index in [0.717, 1.165) is 6.42 Å². The molecule has 15 nitrogen and oxygen atoms in total. The topological polar surface area (TPSA) is 194 Å². The van der Waals surface area contributed by atoms with Crippen molar-refractivity contribution in [3.63, 3.8) is 0 Å². The van der Waals surface area contributed by atoms with Crippen LogP contribution in [0.4, 0.5) is 10.5 Å². The van der Waals surface area contributed by atoms with Gasteiger partial charge in [0.15, 0.2) is 0 Å². The van der Waals surface area contributed by atoms with Gasteiger partial charge in [0.25, 0.3) is 5.56 Å². The summed E-state index contributed by atoms with van der Waals surface area (Å²) in [5.41, 5.74) is 2.43. The van der Waals surface area contributed by atoms with Crippen LogP contribution in [0.2, 0.25) is 5.02 Å². The van der Waals surface area contributed by atoms with Gasteiger partial charge >= 0.3 is 6.09 Å². The zero-order valence-electron chi connectivity index (χ0n) is 27.0. The molecule has 3 N–H and O–H groups in total. The van der Waals surface area contributed by atoms with Crippen molar-refractivity contribution >= 4 is 45.4 Å². The number of rotatable bonds is 11. The van der Waals surface area contributed by atoms with Crippen molar-refractivity contribution in [1.29, 1.82) is 0 Å². The van der Waals surface area contributed by atoms with Crippen molar-refractivity contribution in [2.75, 3.05) is 25.5 Å². The molecule has 5 rings (SSSR count). The smallest absolute Gasteiger partial charge is 0.411 e. The van der Waals surface area contributed by atoms with Gasteiger partial charge in [-0.2, -0.15) is 9.78 Å². The van der Waals surface area contributed by atoms with Crippen molar-refractivity contribution in [1.82, 2.24) is 40.0 Å². The van der Waals surface area contributed by atoms with Gasteiger partial charge in [0.2, 0.25) is 15.9 Å². The summed E-state index contributed by atoms with van der Waals surface area (Å²) < 4.78 is 33.6. The quantitative estimate of drug-likeness (QED) is 0.192. The molecule has 17 heteroatoms. The van der Waals surface area contributed by atoms with Crippen LogP contribution >= 0.6 is 11.6 Å². The molecule has 0 saturated carbocycles. The van der Waals surface area contributed by atoms with Gasteiger partial charge in [-0.05, 0) is 97.5 Å². The number of ether oxygens (including phenoxy) is 1. The van der Waals surface area contributed by atoms with E-state index in [4.69, 9.17) is 11.6 Å². The number of anilines is 1. The number of carbonyl (C=O) groups excluding carboxylic acids is 2. The maximum Gasteiger partial charge on any atom is 0.411 e. The molecule has 49 heavy (non-hydrogen) atoms. The first-order valence-corrected chi connectivity index (χ1v) is 17.4. The molecule has 1 fully saturated rings. The molecule has 2 amide bonds. The molecule has 2 unspecified atom stereocenters. The zero-order chi connectivity index (χ0) is 35.1. The number of tetrazole rings is 1. The summed E-state index contributed by atoms with van der Waals surface area (Å²) in [6.07, 6.45) is 5.50. The average Bonchev–Trinajstić information content (AvgIpc) is 3.63.